The van der Waals surface area contributed by atoms with Crippen molar-refractivity contribution in [3.05, 3.63) is 48.6 Å². The fraction of sp³-hybridized carbons (Fsp3) is 0.630. The van der Waals surface area contributed by atoms with E-state index in [4.69, 9.17) is 9.84 Å². The summed E-state index contributed by atoms with van der Waals surface area (Å²) in [6, 6.07) is 0. The van der Waals surface area contributed by atoms with Crippen LogP contribution in [0.1, 0.15) is 104 Å². The van der Waals surface area contributed by atoms with Gasteiger partial charge in [0.1, 0.15) is 0 Å². The Kier molecular flexibility index (Phi) is 21.1. The number of carbonyl (C=O) groups excluding carboxylic acids is 1. The number of carboxylic acids is 1. The van der Waals surface area contributed by atoms with Crippen LogP contribution in [0.25, 0.3) is 0 Å². The Hall–Kier alpha value is -2.10. The van der Waals surface area contributed by atoms with Gasteiger partial charge in [-0.2, -0.15) is 0 Å². The summed E-state index contributed by atoms with van der Waals surface area (Å²) in [5, 5.41) is 8.69. The monoisotopic (exact) mass is 432 g/mol. The third-order valence-corrected chi connectivity index (χ3v) is 4.88. The third kappa shape index (κ3) is 22.4. The lowest BCUT2D eigenvalue weighted by atomic mass is 10.1. The van der Waals surface area contributed by atoms with E-state index in [1.165, 1.54) is 39.0 Å². The number of ether oxygens (including phenoxy) is 1. The quantitative estimate of drug-likeness (QED) is 0.122. The van der Waals surface area contributed by atoms with Gasteiger partial charge < -0.3 is 9.84 Å². The molecule has 0 heterocycles. The molecule has 0 amide bonds. The fourth-order valence-corrected chi connectivity index (χ4v) is 3.00. The van der Waals surface area contributed by atoms with Gasteiger partial charge in [-0.05, 0) is 51.9 Å². The van der Waals surface area contributed by atoms with Gasteiger partial charge in [-0.3, -0.25) is 4.79 Å². The maximum atomic E-state index is 11.5. The number of allylic oxidation sites excluding steroid dienone is 8. The first kappa shape index (κ1) is 28.9. The number of aliphatic carboxylic acids is 1. The minimum absolute atomic E-state index is 0.312. The maximum Gasteiger partial charge on any atom is 0.344 e. The summed E-state index contributed by atoms with van der Waals surface area (Å²) in [6.45, 7) is 3.53. The molecule has 1 atom stereocenters. The summed E-state index contributed by atoms with van der Waals surface area (Å²) >= 11 is 0. The van der Waals surface area contributed by atoms with E-state index in [-0.39, 0.29) is 0 Å². The van der Waals surface area contributed by atoms with E-state index in [0.717, 1.165) is 51.4 Å². The molecule has 0 aromatic heterocycles. The summed E-state index contributed by atoms with van der Waals surface area (Å²) in [5.74, 6) is -1.51. The molecule has 0 radical (unpaired) electrons. The lowest BCUT2D eigenvalue weighted by Crippen LogP contribution is -2.23. The summed E-state index contributed by atoms with van der Waals surface area (Å²) < 4.78 is 4.80. The molecule has 0 aromatic carbocycles. The molecule has 0 saturated heterocycles. The number of hydrogen-bond donors (Lipinski definition) is 1. The Morgan fingerprint density at radius 2 is 1.16 bits per heavy atom. The second-order valence-corrected chi connectivity index (χ2v) is 7.84. The first-order chi connectivity index (χ1) is 15.1. The van der Waals surface area contributed by atoms with E-state index in [0.29, 0.717) is 6.42 Å². The third-order valence-electron chi connectivity index (χ3n) is 4.88. The van der Waals surface area contributed by atoms with Crippen LogP contribution in [0.2, 0.25) is 0 Å². The van der Waals surface area contributed by atoms with Crippen molar-refractivity contribution in [2.24, 2.45) is 0 Å². The van der Waals surface area contributed by atoms with Crippen LogP contribution in [0.15, 0.2) is 48.6 Å². The highest BCUT2D eigenvalue weighted by atomic mass is 16.6. The average molecular weight is 433 g/mol. The smallest absolute Gasteiger partial charge is 0.344 e. The largest absolute Gasteiger partial charge is 0.479 e. The highest BCUT2D eigenvalue weighted by Crippen LogP contribution is 2.11. The van der Waals surface area contributed by atoms with Crippen LogP contribution in [0, 0.1) is 0 Å². The Bertz CT molecular complexity index is 558. The molecule has 0 aliphatic heterocycles. The van der Waals surface area contributed by atoms with Crippen LogP contribution < -0.4 is 0 Å². The summed E-state index contributed by atoms with van der Waals surface area (Å²) in [5.41, 5.74) is 0. The highest BCUT2D eigenvalue weighted by molar-refractivity contribution is 5.77. The molecule has 1 unspecified atom stereocenters. The standard InChI is InChI=1S/C27H44O4/c1-3-4-5-6-7-8-9-10-11-12-13-14-15-16-17-18-19-20-21-22-23-24-26(28)31-25(2)27(29)30/h4-5,7-8,10-11,13-14,25H,3,6,9,12,15-24H2,1-2H3,(H,29,30)/b5-4-,8-7-,11-10-,14-13-. The molecular weight excluding hydrogens is 388 g/mol. The minimum atomic E-state index is -1.10. The number of hydrogen-bond acceptors (Lipinski definition) is 3. The summed E-state index contributed by atoms with van der Waals surface area (Å²) in [4.78, 5) is 22.1. The van der Waals surface area contributed by atoms with Crippen molar-refractivity contribution < 1.29 is 19.4 Å². The van der Waals surface area contributed by atoms with Crippen LogP contribution in [0.5, 0.6) is 0 Å². The van der Waals surface area contributed by atoms with Crippen LogP contribution >= 0.6 is 0 Å². The topological polar surface area (TPSA) is 63.6 Å². The molecule has 0 aliphatic rings. The molecule has 0 rings (SSSR count). The van der Waals surface area contributed by atoms with E-state index in [9.17, 15) is 9.59 Å². The summed E-state index contributed by atoms with van der Waals surface area (Å²) in [6.07, 6.45) is 31.6. The van der Waals surface area contributed by atoms with Gasteiger partial charge in [-0.25, -0.2) is 4.79 Å². The number of unbranched alkanes of at least 4 members (excludes halogenated alkanes) is 8. The number of carboxylic acid groups (broad SMARTS) is 1. The molecule has 0 saturated carbocycles. The molecule has 4 heteroatoms. The van der Waals surface area contributed by atoms with Crippen molar-refractivity contribution in [3.63, 3.8) is 0 Å². The van der Waals surface area contributed by atoms with Crippen molar-refractivity contribution in [1.82, 2.24) is 0 Å². The van der Waals surface area contributed by atoms with Crippen LogP contribution in [0.4, 0.5) is 0 Å². The van der Waals surface area contributed by atoms with Gasteiger partial charge in [0, 0.05) is 6.42 Å². The van der Waals surface area contributed by atoms with Crippen molar-refractivity contribution in [2.75, 3.05) is 0 Å². The lowest BCUT2D eigenvalue weighted by Gasteiger charge is -2.08. The number of esters is 1. The molecule has 176 valence electrons. The van der Waals surface area contributed by atoms with E-state index >= 15 is 0 Å². The Morgan fingerprint density at radius 1 is 0.710 bits per heavy atom. The molecule has 0 bridgehead atoms. The molecular formula is C27H44O4. The fourth-order valence-electron chi connectivity index (χ4n) is 3.00. The Morgan fingerprint density at radius 3 is 1.68 bits per heavy atom. The van der Waals surface area contributed by atoms with Crippen LogP contribution in [-0.2, 0) is 14.3 Å². The first-order valence-corrected chi connectivity index (χ1v) is 12.1. The Labute approximate surface area is 190 Å². The lowest BCUT2D eigenvalue weighted by molar-refractivity contribution is -0.162. The van der Waals surface area contributed by atoms with Gasteiger partial charge in [0.15, 0.2) is 6.10 Å². The zero-order valence-electron chi connectivity index (χ0n) is 19.8. The second kappa shape index (κ2) is 22.6. The van der Waals surface area contributed by atoms with E-state index in [1.807, 2.05) is 0 Å². The average Bonchev–Trinajstić information content (AvgIpc) is 2.74. The zero-order chi connectivity index (χ0) is 23.0. The van der Waals surface area contributed by atoms with Crippen molar-refractivity contribution in [1.29, 1.82) is 0 Å². The van der Waals surface area contributed by atoms with E-state index < -0.39 is 18.0 Å². The SMILES string of the molecule is CC/C=C\C/C=C\C/C=C\C/C=C\CCCCCCCCCCC(=O)OC(C)C(=O)O. The van der Waals surface area contributed by atoms with Crippen molar-refractivity contribution in [3.8, 4) is 0 Å². The molecule has 0 aliphatic carbocycles. The molecule has 4 nitrogen and oxygen atoms in total. The predicted octanol–water partition coefficient (Wildman–Crippen LogP) is 7.71. The minimum Gasteiger partial charge on any atom is -0.479 e. The first-order valence-electron chi connectivity index (χ1n) is 12.1. The second-order valence-electron chi connectivity index (χ2n) is 7.84. The molecule has 0 spiro atoms. The molecule has 31 heavy (non-hydrogen) atoms. The molecule has 0 aromatic rings. The zero-order valence-corrected chi connectivity index (χ0v) is 19.8. The normalized spacial score (nSPS) is 13.1. The molecule has 1 N–H and O–H groups in total. The van der Waals surface area contributed by atoms with Gasteiger partial charge >= 0.3 is 11.9 Å². The number of rotatable bonds is 20. The van der Waals surface area contributed by atoms with Crippen molar-refractivity contribution in [2.45, 2.75) is 110 Å². The van der Waals surface area contributed by atoms with Gasteiger partial charge in [0.2, 0.25) is 0 Å². The molecule has 0 fully saturated rings. The summed E-state index contributed by atoms with van der Waals surface area (Å²) in [7, 11) is 0. The maximum absolute atomic E-state index is 11.5. The van der Waals surface area contributed by atoms with Gasteiger partial charge in [-0.15, -0.1) is 0 Å². The van der Waals surface area contributed by atoms with Crippen LogP contribution in [-0.4, -0.2) is 23.1 Å². The van der Waals surface area contributed by atoms with Gasteiger partial charge in [-0.1, -0.05) is 94.1 Å². The Balaban J connectivity index is 3.37. The van der Waals surface area contributed by atoms with Gasteiger partial charge in [0.05, 0.1) is 0 Å². The predicted molar refractivity (Wildman–Crippen MR) is 130 cm³/mol. The van der Waals surface area contributed by atoms with E-state index in [2.05, 4.69) is 55.5 Å². The van der Waals surface area contributed by atoms with Gasteiger partial charge in [0.25, 0.3) is 0 Å². The van der Waals surface area contributed by atoms with Crippen molar-refractivity contribution >= 4 is 11.9 Å². The van der Waals surface area contributed by atoms with E-state index in [1.54, 1.807) is 0 Å². The number of carbonyl (C=O) groups is 2. The van der Waals surface area contributed by atoms with Crippen LogP contribution in [0.3, 0.4) is 0 Å². The highest BCUT2D eigenvalue weighted by Gasteiger charge is 2.15.